The molecule has 4 aromatic rings. The molecule has 0 spiro atoms. The van der Waals surface area contributed by atoms with Crippen LogP contribution in [-0.2, 0) is 4.79 Å². The molecule has 9 heteroatoms. The van der Waals surface area contributed by atoms with E-state index in [2.05, 4.69) is 15.4 Å². The van der Waals surface area contributed by atoms with Crippen molar-refractivity contribution in [2.45, 2.75) is 12.8 Å². The molecule has 0 atom stereocenters. The number of hydrogen-bond acceptors (Lipinski definition) is 7. The molecule has 0 aliphatic rings. The van der Waals surface area contributed by atoms with Crippen LogP contribution in [0.25, 0.3) is 16.2 Å². The van der Waals surface area contributed by atoms with Crippen molar-refractivity contribution in [1.82, 2.24) is 14.6 Å². The van der Waals surface area contributed by atoms with Gasteiger partial charge in [0.05, 0.1) is 19.9 Å². The van der Waals surface area contributed by atoms with Crippen molar-refractivity contribution in [3.63, 3.8) is 0 Å². The van der Waals surface area contributed by atoms with Crippen molar-refractivity contribution in [1.29, 1.82) is 0 Å². The number of aromatic nitrogens is 3. The van der Waals surface area contributed by atoms with Crippen LogP contribution in [0.4, 0.5) is 5.95 Å². The fourth-order valence-electron chi connectivity index (χ4n) is 3.03. The molecule has 8 nitrogen and oxygen atoms in total. The molecule has 0 aliphatic heterocycles. The van der Waals surface area contributed by atoms with Crippen LogP contribution in [-0.4, -0.2) is 40.5 Å². The van der Waals surface area contributed by atoms with E-state index in [0.29, 0.717) is 16.3 Å². The van der Waals surface area contributed by atoms with Crippen LogP contribution in [0.15, 0.2) is 53.9 Å². The summed E-state index contributed by atoms with van der Waals surface area (Å²) in [6, 6.07) is 14.4. The van der Waals surface area contributed by atoms with Crippen LogP contribution in [0.3, 0.4) is 0 Å². The number of rotatable bonds is 8. The molecule has 0 radical (unpaired) electrons. The van der Waals surface area contributed by atoms with Gasteiger partial charge in [-0.05, 0) is 48.5 Å². The van der Waals surface area contributed by atoms with Crippen LogP contribution < -0.4 is 14.8 Å². The topological polar surface area (TPSA) is 94.8 Å². The number of Topliss-reactive ketones (excluding diaryl/α,β-unsaturated/α-hetero) is 1. The highest BCUT2D eigenvalue weighted by Crippen LogP contribution is 2.27. The summed E-state index contributed by atoms with van der Waals surface area (Å²) in [6.45, 7) is 0. The number of ketones is 1. The first-order valence-corrected chi connectivity index (χ1v) is 10.4. The number of fused-ring (bicyclic) bond motifs is 1. The number of nitrogens with zero attached hydrogens (tertiary/aromatic N) is 3. The van der Waals surface area contributed by atoms with E-state index in [1.807, 2.05) is 29.6 Å². The lowest BCUT2D eigenvalue weighted by Crippen LogP contribution is -2.14. The molecule has 0 saturated heterocycles. The summed E-state index contributed by atoms with van der Waals surface area (Å²) in [5, 5.41) is 9.02. The van der Waals surface area contributed by atoms with Crippen molar-refractivity contribution in [2.24, 2.45) is 0 Å². The maximum atomic E-state index is 12.3. The Kier molecular flexibility index (Phi) is 5.94. The second kappa shape index (κ2) is 8.97. The third kappa shape index (κ3) is 4.56. The molecule has 1 amide bonds. The number of benzene rings is 2. The number of methoxy groups -OCH3 is 2. The zero-order chi connectivity index (χ0) is 21.8. The minimum absolute atomic E-state index is 0.0447. The Hall–Kier alpha value is -3.72. The first kappa shape index (κ1) is 20.5. The average Bonchev–Trinajstić information content (AvgIpc) is 3.37. The number of carbonyl (C=O) groups is 2. The van der Waals surface area contributed by atoms with E-state index in [0.717, 1.165) is 17.0 Å². The maximum Gasteiger partial charge on any atom is 0.250 e. The summed E-state index contributed by atoms with van der Waals surface area (Å²) < 4.78 is 12.0. The number of thiazole rings is 1. The molecule has 2 aromatic heterocycles. The number of carbonyl (C=O) groups excluding carboxylic acids is 2. The van der Waals surface area contributed by atoms with Gasteiger partial charge in [-0.25, -0.2) is 4.52 Å². The molecule has 0 fully saturated rings. The van der Waals surface area contributed by atoms with Crippen molar-refractivity contribution in [3.8, 4) is 22.8 Å². The van der Waals surface area contributed by atoms with Crippen LogP contribution in [0.1, 0.15) is 23.2 Å². The number of ether oxygens (including phenoxy) is 2. The third-order valence-electron chi connectivity index (χ3n) is 4.71. The Morgan fingerprint density at radius 1 is 0.968 bits per heavy atom. The minimum atomic E-state index is -0.314. The number of amides is 1. The molecule has 4 rings (SSSR count). The zero-order valence-corrected chi connectivity index (χ0v) is 17.8. The van der Waals surface area contributed by atoms with Gasteiger partial charge in [0.15, 0.2) is 5.78 Å². The van der Waals surface area contributed by atoms with Gasteiger partial charge < -0.3 is 9.47 Å². The molecular formula is C22H20N4O4S. The first-order chi connectivity index (χ1) is 15.1. The Labute approximate surface area is 182 Å². The first-order valence-electron chi connectivity index (χ1n) is 9.53. The summed E-state index contributed by atoms with van der Waals surface area (Å²) in [6.07, 6.45) is 0.139. The lowest BCUT2D eigenvalue weighted by molar-refractivity contribution is -0.116. The van der Waals surface area contributed by atoms with Crippen LogP contribution >= 0.6 is 11.3 Å². The molecule has 31 heavy (non-hydrogen) atoms. The molecule has 0 unspecified atom stereocenters. The number of anilines is 1. The molecule has 0 bridgehead atoms. The predicted octanol–water partition coefficient (Wildman–Crippen LogP) is 4.08. The fraction of sp³-hybridized carbons (Fsp3) is 0.182. The standard InChI is InChI=1S/C22H20N4O4S/c1-29-16-7-3-14(4-8-16)18-13-31-22-24-21(25-26(18)22)23-20(28)12-11-19(27)15-5-9-17(30-2)10-6-15/h3-10,13H,11-12H2,1-2H3,(H,23,25,28). The van der Waals surface area contributed by atoms with Crippen LogP contribution in [0.2, 0.25) is 0 Å². The van der Waals surface area contributed by atoms with E-state index >= 15 is 0 Å². The second-order valence-corrected chi connectivity index (χ2v) is 7.52. The van der Waals surface area contributed by atoms with Gasteiger partial charge in [0.2, 0.25) is 16.8 Å². The molecule has 0 aliphatic carbocycles. The van der Waals surface area contributed by atoms with Crippen LogP contribution in [0.5, 0.6) is 11.5 Å². The summed E-state index contributed by atoms with van der Waals surface area (Å²) in [4.78, 5) is 29.6. The highest BCUT2D eigenvalue weighted by molar-refractivity contribution is 7.15. The van der Waals surface area contributed by atoms with Crippen molar-refractivity contribution in [2.75, 3.05) is 19.5 Å². The minimum Gasteiger partial charge on any atom is -0.497 e. The second-order valence-electron chi connectivity index (χ2n) is 6.68. The lowest BCUT2D eigenvalue weighted by Gasteiger charge is -2.03. The van der Waals surface area contributed by atoms with E-state index < -0.39 is 0 Å². The van der Waals surface area contributed by atoms with E-state index in [1.165, 1.54) is 11.3 Å². The largest absolute Gasteiger partial charge is 0.497 e. The van der Waals surface area contributed by atoms with Crippen molar-refractivity contribution < 1.29 is 19.1 Å². The highest BCUT2D eigenvalue weighted by Gasteiger charge is 2.15. The van der Waals surface area contributed by atoms with Gasteiger partial charge in [-0.3, -0.25) is 14.9 Å². The quantitative estimate of drug-likeness (QED) is 0.418. The van der Waals surface area contributed by atoms with Gasteiger partial charge in [0.1, 0.15) is 11.5 Å². The van der Waals surface area contributed by atoms with Gasteiger partial charge in [-0.2, -0.15) is 4.98 Å². The summed E-state index contributed by atoms with van der Waals surface area (Å²) in [5.74, 6) is 1.23. The molecule has 2 aromatic carbocycles. The van der Waals surface area contributed by atoms with Gasteiger partial charge in [0.25, 0.3) is 0 Å². The van der Waals surface area contributed by atoms with Gasteiger partial charge in [0, 0.05) is 29.3 Å². The van der Waals surface area contributed by atoms with Gasteiger partial charge in [-0.15, -0.1) is 16.4 Å². The lowest BCUT2D eigenvalue weighted by atomic mass is 10.1. The summed E-state index contributed by atoms with van der Waals surface area (Å²) >= 11 is 1.43. The average molecular weight is 436 g/mol. The Morgan fingerprint density at radius 2 is 1.61 bits per heavy atom. The molecule has 2 heterocycles. The monoisotopic (exact) mass is 436 g/mol. The molecule has 158 valence electrons. The Morgan fingerprint density at radius 3 is 2.26 bits per heavy atom. The molecule has 1 N–H and O–H groups in total. The van der Waals surface area contributed by atoms with E-state index in [4.69, 9.17) is 9.47 Å². The van der Waals surface area contributed by atoms with Crippen molar-refractivity contribution in [3.05, 3.63) is 59.5 Å². The molecule has 0 saturated carbocycles. The van der Waals surface area contributed by atoms with Crippen molar-refractivity contribution >= 4 is 33.9 Å². The summed E-state index contributed by atoms with van der Waals surface area (Å²) in [5.41, 5.74) is 2.36. The van der Waals surface area contributed by atoms with Gasteiger partial charge in [-0.1, -0.05) is 0 Å². The Balaban J connectivity index is 1.39. The number of hydrogen-bond donors (Lipinski definition) is 1. The van der Waals surface area contributed by atoms with Crippen LogP contribution in [0, 0.1) is 0 Å². The smallest absolute Gasteiger partial charge is 0.250 e. The predicted molar refractivity (Wildman–Crippen MR) is 118 cm³/mol. The summed E-state index contributed by atoms with van der Waals surface area (Å²) in [7, 11) is 3.18. The van der Waals surface area contributed by atoms with Gasteiger partial charge >= 0.3 is 0 Å². The van der Waals surface area contributed by atoms with E-state index in [9.17, 15) is 9.59 Å². The number of nitrogens with one attached hydrogen (secondary N) is 1. The highest BCUT2D eigenvalue weighted by atomic mass is 32.1. The SMILES string of the molecule is COc1ccc(C(=O)CCC(=O)Nc2nc3scc(-c4ccc(OC)cc4)n3n2)cc1. The third-order valence-corrected chi connectivity index (χ3v) is 5.53. The maximum absolute atomic E-state index is 12.3. The Bertz CT molecular complexity index is 1210. The fourth-order valence-corrected chi connectivity index (χ4v) is 3.86. The normalized spacial score (nSPS) is 10.8. The zero-order valence-electron chi connectivity index (χ0n) is 17.0. The van der Waals surface area contributed by atoms with E-state index in [1.54, 1.807) is 43.0 Å². The van der Waals surface area contributed by atoms with E-state index in [-0.39, 0.29) is 30.5 Å². The molecular weight excluding hydrogens is 416 g/mol.